The van der Waals surface area contributed by atoms with Gasteiger partial charge in [-0.25, -0.2) is 9.37 Å². The van der Waals surface area contributed by atoms with E-state index >= 15 is 0 Å². The third-order valence-electron chi connectivity index (χ3n) is 4.27. The van der Waals surface area contributed by atoms with E-state index in [9.17, 15) is 4.39 Å². The van der Waals surface area contributed by atoms with Crippen LogP contribution < -0.4 is 0 Å². The normalized spacial score (nSPS) is 22.3. The van der Waals surface area contributed by atoms with Gasteiger partial charge in [-0.1, -0.05) is 5.21 Å². The summed E-state index contributed by atoms with van der Waals surface area (Å²) in [6.07, 6.45) is 1.63. The van der Waals surface area contributed by atoms with Gasteiger partial charge in [0.1, 0.15) is 6.17 Å². The van der Waals surface area contributed by atoms with E-state index < -0.39 is 6.17 Å². The highest BCUT2D eigenvalue weighted by atomic mass is 32.1. The predicted molar refractivity (Wildman–Crippen MR) is 87.9 cm³/mol. The van der Waals surface area contributed by atoms with Crippen molar-refractivity contribution >= 4 is 11.3 Å². The number of rotatable bonds is 6. The first-order valence-electron chi connectivity index (χ1n) is 7.82. The molecule has 0 spiro atoms. The summed E-state index contributed by atoms with van der Waals surface area (Å²) in [6.45, 7) is 4.83. The first-order chi connectivity index (χ1) is 11.0. The summed E-state index contributed by atoms with van der Waals surface area (Å²) in [5.41, 5.74) is 2.11. The van der Waals surface area contributed by atoms with E-state index in [4.69, 9.17) is 0 Å². The van der Waals surface area contributed by atoms with Crippen molar-refractivity contribution in [2.75, 3.05) is 20.1 Å². The highest BCUT2D eigenvalue weighted by molar-refractivity contribution is 7.09. The smallest absolute Gasteiger partial charge is 0.114 e. The summed E-state index contributed by atoms with van der Waals surface area (Å²) in [7, 11) is 3.95. The maximum absolute atomic E-state index is 13.9. The number of halogens is 1. The molecule has 3 rings (SSSR count). The second-order valence-corrected chi connectivity index (χ2v) is 7.38. The third-order valence-corrected chi connectivity index (χ3v) is 5.09. The van der Waals surface area contributed by atoms with Gasteiger partial charge in [0.15, 0.2) is 0 Å². The van der Waals surface area contributed by atoms with Crippen LogP contribution in [0.25, 0.3) is 0 Å². The molecule has 0 aromatic carbocycles. The lowest BCUT2D eigenvalue weighted by Crippen LogP contribution is -2.38. The Bertz CT molecular complexity index is 641. The molecule has 1 aliphatic rings. The van der Waals surface area contributed by atoms with E-state index in [0.717, 1.165) is 36.0 Å². The highest BCUT2D eigenvalue weighted by Gasteiger charge is 2.33. The van der Waals surface area contributed by atoms with Gasteiger partial charge in [-0.2, -0.15) is 0 Å². The second-order valence-electron chi connectivity index (χ2n) is 6.32. The molecular weight excluding hydrogens is 315 g/mol. The summed E-state index contributed by atoms with van der Waals surface area (Å²) in [5.74, 6) is 0. The van der Waals surface area contributed by atoms with E-state index in [1.54, 1.807) is 22.2 Å². The zero-order valence-electron chi connectivity index (χ0n) is 13.8. The summed E-state index contributed by atoms with van der Waals surface area (Å²) < 4.78 is 15.7. The Labute approximate surface area is 139 Å². The number of alkyl halides is 1. The first-order valence-corrected chi connectivity index (χ1v) is 8.70. The Hall–Kier alpha value is -1.38. The van der Waals surface area contributed by atoms with E-state index in [2.05, 4.69) is 37.5 Å². The summed E-state index contributed by atoms with van der Waals surface area (Å²) in [5, 5.41) is 11.0. The fourth-order valence-corrected chi connectivity index (χ4v) is 3.75. The number of likely N-dealkylation sites (tertiary alicyclic amines) is 1. The Balaban J connectivity index is 1.59. The largest absolute Gasteiger partial charge is 0.299 e. The monoisotopic (exact) mass is 338 g/mol. The van der Waals surface area contributed by atoms with Crippen LogP contribution >= 0.6 is 11.3 Å². The molecule has 1 saturated heterocycles. The molecule has 8 heteroatoms. The fourth-order valence-electron chi connectivity index (χ4n) is 3.15. The van der Waals surface area contributed by atoms with Crippen LogP contribution in [0.1, 0.15) is 22.8 Å². The van der Waals surface area contributed by atoms with Crippen molar-refractivity contribution in [1.29, 1.82) is 0 Å². The minimum absolute atomic E-state index is 0.221. The Kier molecular flexibility index (Phi) is 5.03. The number of thiazole rings is 1. The predicted octanol–water partition coefficient (Wildman–Crippen LogP) is 1.62. The summed E-state index contributed by atoms with van der Waals surface area (Å²) in [4.78, 5) is 8.93. The molecule has 0 amide bonds. The van der Waals surface area contributed by atoms with Gasteiger partial charge in [0.2, 0.25) is 0 Å². The van der Waals surface area contributed by atoms with Crippen molar-refractivity contribution < 1.29 is 4.39 Å². The van der Waals surface area contributed by atoms with Crippen LogP contribution in [0, 0.1) is 6.92 Å². The van der Waals surface area contributed by atoms with Gasteiger partial charge in [-0.3, -0.25) is 14.5 Å². The van der Waals surface area contributed by atoms with Crippen LogP contribution in [0.15, 0.2) is 11.6 Å². The van der Waals surface area contributed by atoms with Gasteiger partial charge in [0.25, 0.3) is 0 Å². The van der Waals surface area contributed by atoms with Crippen LogP contribution in [-0.4, -0.2) is 62.1 Å². The molecule has 1 aliphatic heterocycles. The molecule has 0 N–H and O–H groups in total. The van der Waals surface area contributed by atoms with Crippen molar-refractivity contribution in [1.82, 2.24) is 29.8 Å². The maximum Gasteiger partial charge on any atom is 0.114 e. The summed E-state index contributed by atoms with van der Waals surface area (Å²) in [6, 6.07) is 0.221. The molecule has 0 bridgehead atoms. The topological polar surface area (TPSA) is 50.1 Å². The lowest BCUT2D eigenvalue weighted by Gasteiger charge is -2.27. The number of aromatic nitrogens is 4. The third kappa shape index (κ3) is 4.13. The standard InChI is InChI=1S/C15H23FN6S/c1-11-18-13(10-23-11)7-22-6-12(16)4-14(22)8-20(2)9-15-5-17-19-21(15)3/h5,10,12,14H,4,6-9H2,1-3H3/t12-,14-/m0/s1. The van der Waals surface area contributed by atoms with Crippen molar-refractivity contribution in [2.45, 2.75) is 38.6 Å². The number of nitrogens with zero attached hydrogens (tertiary/aromatic N) is 6. The molecule has 2 aromatic heterocycles. The van der Waals surface area contributed by atoms with Crippen molar-refractivity contribution in [3.63, 3.8) is 0 Å². The summed E-state index contributed by atoms with van der Waals surface area (Å²) >= 11 is 1.65. The molecule has 126 valence electrons. The first kappa shape index (κ1) is 16.5. The van der Waals surface area contributed by atoms with E-state index in [1.807, 2.05) is 14.0 Å². The van der Waals surface area contributed by atoms with Crippen molar-refractivity contribution in [3.8, 4) is 0 Å². The zero-order valence-corrected chi connectivity index (χ0v) is 14.6. The molecule has 2 atom stereocenters. The van der Waals surface area contributed by atoms with E-state index in [-0.39, 0.29) is 6.04 Å². The quantitative estimate of drug-likeness (QED) is 0.801. The fraction of sp³-hybridized carbons (Fsp3) is 0.667. The lowest BCUT2D eigenvalue weighted by molar-refractivity contribution is 0.177. The van der Waals surface area contributed by atoms with Crippen LogP contribution in [0.5, 0.6) is 0 Å². The average Bonchev–Trinajstić information content (AvgIpc) is 3.15. The highest BCUT2D eigenvalue weighted by Crippen LogP contribution is 2.24. The maximum atomic E-state index is 13.9. The minimum atomic E-state index is -0.744. The van der Waals surface area contributed by atoms with Crippen molar-refractivity contribution in [3.05, 3.63) is 28.0 Å². The van der Waals surface area contributed by atoms with E-state index in [1.165, 1.54) is 0 Å². The minimum Gasteiger partial charge on any atom is -0.299 e. The molecule has 0 radical (unpaired) electrons. The van der Waals surface area contributed by atoms with Crippen LogP contribution in [0.2, 0.25) is 0 Å². The van der Waals surface area contributed by atoms with Crippen molar-refractivity contribution in [2.24, 2.45) is 7.05 Å². The molecule has 0 unspecified atom stereocenters. The van der Waals surface area contributed by atoms with Gasteiger partial charge in [0.05, 0.1) is 22.6 Å². The Morgan fingerprint density at radius 3 is 2.96 bits per heavy atom. The van der Waals surface area contributed by atoms with Crippen LogP contribution in [0.4, 0.5) is 4.39 Å². The number of likely N-dealkylation sites (N-methyl/N-ethyl adjacent to an activating group) is 1. The van der Waals surface area contributed by atoms with Crippen LogP contribution in [0.3, 0.4) is 0 Å². The van der Waals surface area contributed by atoms with Crippen LogP contribution in [-0.2, 0) is 20.1 Å². The molecule has 2 aromatic rings. The molecule has 23 heavy (non-hydrogen) atoms. The average molecular weight is 338 g/mol. The molecular formula is C15H23FN6S. The number of hydrogen-bond donors (Lipinski definition) is 0. The van der Waals surface area contributed by atoms with E-state index in [0.29, 0.717) is 13.0 Å². The van der Waals surface area contributed by atoms with Gasteiger partial charge in [-0.05, 0) is 20.4 Å². The van der Waals surface area contributed by atoms with Gasteiger partial charge >= 0.3 is 0 Å². The molecule has 0 aliphatic carbocycles. The molecule has 3 heterocycles. The zero-order chi connectivity index (χ0) is 16.4. The Morgan fingerprint density at radius 1 is 1.48 bits per heavy atom. The number of hydrogen-bond acceptors (Lipinski definition) is 6. The molecule has 6 nitrogen and oxygen atoms in total. The molecule has 0 saturated carbocycles. The molecule has 1 fully saturated rings. The SMILES string of the molecule is Cc1nc(CN2C[C@@H](F)C[C@H]2CN(C)Cc2cnnn2C)cs1. The Morgan fingerprint density at radius 2 is 2.30 bits per heavy atom. The second kappa shape index (κ2) is 7.02. The van der Waals surface area contributed by atoms with Gasteiger partial charge in [0, 0.05) is 44.6 Å². The lowest BCUT2D eigenvalue weighted by atomic mass is 10.2. The van der Waals surface area contributed by atoms with Gasteiger partial charge < -0.3 is 0 Å². The number of aryl methyl sites for hydroxylation is 2. The van der Waals surface area contributed by atoms with Gasteiger partial charge in [-0.15, -0.1) is 16.4 Å².